The van der Waals surface area contributed by atoms with Crippen LogP contribution in [0.1, 0.15) is 27.2 Å². The molecule has 1 aromatic heterocycles. The van der Waals surface area contributed by atoms with Gasteiger partial charge in [0.05, 0.1) is 11.9 Å². The Morgan fingerprint density at radius 1 is 1.26 bits per heavy atom. The van der Waals surface area contributed by atoms with E-state index >= 15 is 0 Å². The van der Waals surface area contributed by atoms with Gasteiger partial charge in [0.1, 0.15) is 10.0 Å². The molecule has 0 fully saturated rings. The van der Waals surface area contributed by atoms with Gasteiger partial charge in [-0.05, 0) is 25.0 Å². The summed E-state index contributed by atoms with van der Waals surface area (Å²) in [6.45, 7) is 3.96. The number of nitrogens with zero attached hydrogens (tertiary/aromatic N) is 2. The van der Waals surface area contributed by atoms with Crippen LogP contribution in [0.2, 0.25) is 15.2 Å². The molecule has 1 heterocycles. The average Bonchev–Trinajstić information content (AvgIpc) is 2.48. The zero-order chi connectivity index (χ0) is 17.1. The lowest BCUT2D eigenvalue weighted by atomic mass is 10.1. The molecule has 23 heavy (non-hydrogen) atoms. The van der Waals surface area contributed by atoms with Gasteiger partial charge < -0.3 is 5.11 Å². The fourth-order valence-corrected chi connectivity index (χ4v) is 2.56. The number of nitrogens with one attached hydrogen (secondary N) is 1. The molecule has 0 saturated carbocycles. The third-order valence-electron chi connectivity index (χ3n) is 3.05. The summed E-state index contributed by atoms with van der Waals surface area (Å²) in [6, 6.07) is 5.90. The van der Waals surface area contributed by atoms with E-state index in [0.717, 1.165) is 16.7 Å². The third-order valence-corrected chi connectivity index (χ3v) is 4.15. The molecule has 5 nitrogen and oxygen atoms in total. The number of aromatic nitrogens is 1. The quantitative estimate of drug-likeness (QED) is 0.459. The molecule has 2 N–H and O–H groups in total. The van der Waals surface area contributed by atoms with E-state index in [9.17, 15) is 4.79 Å². The monoisotopic (exact) mass is 371 g/mol. The number of hydrazone groups is 1. The van der Waals surface area contributed by atoms with Crippen molar-refractivity contribution in [2.75, 3.05) is 5.43 Å². The lowest BCUT2D eigenvalue weighted by Crippen LogP contribution is -2.05. The van der Waals surface area contributed by atoms with Crippen LogP contribution in [0, 0.1) is 13.8 Å². The Hall–Kier alpha value is -1.82. The van der Waals surface area contributed by atoms with Crippen LogP contribution < -0.4 is 5.43 Å². The van der Waals surface area contributed by atoms with Gasteiger partial charge in [0.25, 0.3) is 0 Å². The van der Waals surface area contributed by atoms with Gasteiger partial charge in [-0.1, -0.05) is 58.6 Å². The maximum atomic E-state index is 11.1. The zero-order valence-corrected chi connectivity index (χ0v) is 14.5. The van der Waals surface area contributed by atoms with Crippen LogP contribution in [-0.2, 0) is 0 Å². The Balaban J connectivity index is 2.33. The molecular formula is C15H12Cl3N3O2. The van der Waals surface area contributed by atoms with Crippen molar-refractivity contribution in [1.82, 2.24) is 4.98 Å². The fourth-order valence-electron chi connectivity index (χ4n) is 1.89. The number of benzene rings is 1. The van der Waals surface area contributed by atoms with Crippen molar-refractivity contribution in [3.63, 3.8) is 0 Å². The maximum Gasteiger partial charge on any atom is 0.356 e. The number of hydrogen-bond acceptors (Lipinski definition) is 4. The van der Waals surface area contributed by atoms with Gasteiger partial charge >= 0.3 is 5.97 Å². The van der Waals surface area contributed by atoms with E-state index in [4.69, 9.17) is 39.9 Å². The highest BCUT2D eigenvalue weighted by atomic mass is 35.5. The first-order valence-corrected chi connectivity index (χ1v) is 7.58. The minimum absolute atomic E-state index is 0.000514. The number of aromatic carboxylic acids is 1. The van der Waals surface area contributed by atoms with Crippen molar-refractivity contribution >= 4 is 52.7 Å². The summed E-state index contributed by atoms with van der Waals surface area (Å²) in [4.78, 5) is 14.7. The van der Waals surface area contributed by atoms with Crippen LogP contribution in [-0.4, -0.2) is 22.3 Å². The van der Waals surface area contributed by atoms with Crippen molar-refractivity contribution in [2.45, 2.75) is 13.8 Å². The van der Waals surface area contributed by atoms with Gasteiger partial charge in [-0.2, -0.15) is 5.10 Å². The normalized spacial score (nSPS) is 11.0. The molecule has 0 unspecified atom stereocenters. The molecule has 2 aromatic rings. The van der Waals surface area contributed by atoms with Crippen LogP contribution >= 0.6 is 34.8 Å². The van der Waals surface area contributed by atoms with Crippen molar-refractivity contribution in [1.29, 1.82) is 0 Å². The van der Waals surface area contributed by atoms with Gasteiger partial charge in [-0.3, -0.25) is 5.43 Å². The van der Waals surface area contributed by atoms with Crippen LogP contribution in [0.3, 0.4) is 0 Å². The second-order valence-corrected chi connectivity index (χ2v) is 5.90. The van der Waals surface area contributed by atoms with E-state index in [-0.39, 0.29) is 20.9 Å². The molecule has 0 aliphatic heterocycles. The van der Waals surface area contributed by atoms with E-state index in [1.165, 1.54) is 0 Å². The summed E-state index contributed by atoms with van der Waals surface area (Å²) < 4.78 is 0. The fraction of sp³-hybridized carbons (Fsp3) is 0.133. The van der Waals surface area contributed by atoms with E-state index < -0.39 is 11.7 Å². The number of carbonyl (C=O) groups is 1. The molecule has 120 valence electrons. The van der Waals surface area contributed by atoms with Crippen molar-refractivity contribution in [3.05, 3.63) is 55.8 Å². The molecular weight excluding hydrogens is 361 g/mol. The number of carboxylic acids is 1. The second-order valence-electron chi connectivity index (χ2n) is 4.79. The Kier molecular flexibility index (Phi) is 5.46. The average molecular weight is 373 g/mol. The molecule has 0 bridgehead atoms. The van der Waals surface area contributed by atoms with Crippen LogP contribution in [0.5, 0.6) is 0 Å². The first-order chi connectivity index (χ1) is 10.8. The highest BCUT2D eigenvalue weighted by molar-refractivity contribution is 6.46. The molecule has 8 heteroatoms. The summed E-state index contributed by atoms with van der Waals surface area (Å²) in [5.74, 6) is -1.31. The van der Waals surface area contributed by atoms with Gasteiger partial charge in [-0.15, -0.1) is 0 Å². The lowest BCUT2D eigenvalue weighted by molar-refractivity contribution is 0.0691. The number of carboxylic acid groups (broad SMARTS) is 1. The first-order valence-electron chi connectivity index (χ1n) is 6.45. The number of pyridine rings is 1. The minimum Gasteiger partial charge on any atom is -0.476 e. The predicted octanol–water partition coefficient (Wildman–Crippen LogP) is 4.80. The van der Waals surface area contributed by atoms with E-state index in [1.807, 2.05) is 32.0 Å². The molecule has 0 saturated heterocycles. The molecule has 0 aliphatic rings. The Morgan fingerprint density at radius 3 is 2.57 bits per heavy atom. The van der Waals surface area contributed by atoms with E-state index in [2.05, 4.69) is 15.5 Å². The third kappa shape index (κ3) is 3.93. The minimum atomic E-state index is -1.31. The number of halogens is 3. The van der Waals surface area contributed by atoms with Crippen LogP contribution in [0.4, 0.5) is 5.69 Å². The van der Waals surface area contributed by atoms with Gasteiger partial charge in [0.2, 0.25) is 0 Å². The topological polar surface area (TPSA) is 74.6 Å². The SMILES string of the molecule is Cc1ccc(C=NNc2c(Cl)c(Cl)nc(C(=O)O)c2Cl)c(C)c1. The van der Waals surface area contributed by atoms with Crippen molar-refractivity contribution in [2.24, 2.45) is 5.10 Å². The number of hydrogen-bond donors (Lipinski definition) is 2. The van der Waals surface area contributed by atoms with Crippen LogP contribution in [0.25, 0.3) is 0 Å². The molecule has 0 atom stereocenters. The first kappa shape index (κ1) is 17.5. The number of aryl methyl sites for hydroxylation is 2. The highest BCUT2D eigenvalue weighted by Gasteiger charge is 2.20. The molecule has 0 aliphatic carbocycles. The largest absolute Gasteiger partial charge is 0.476 e. The maximum absolute atomic E-state index is 11.1. The van der Waals surface area contributed by atoms with Crippen LogP contribution in [0.15, 0.2) is 23.3 Å². The van der Waals surface area contributed by atoms with Crippen molar-refractivity contribution < 1.29 is 9.90 Å². The van der Waals surface area contributed by atoms with Gasteiger partial charge in [0.15, 0.2) is 10.8 Å². The smallest absolute Gasteiger partial charge is 0.356 e. The van der Waals surface area contributed by atoms with E-state index in [0.29, 0.717) is 0 Å². The molecule has 2 rings (SSSR count). The summed E-state index contributed by atoms with van der Waals surface area (Å²) in [6.07, 6.45) is 1.58. The Labute approximate surface area is 147 Å². The molecule has 0 amide bonds. The molecule has 0 radical (unpaired) electrons. The summed E-state index contributed by atoms with van der Waals surface area (Å²) in [5.41, 5.74) is 5.41. The summed E-state index contributed by atoms with van der Waals surface area (Å²) >= 11 is 17.8. The predicted molar refractivity (Wildman–Crippen MR) is 93.4 cm³/mol. The number of anilines is 1. The highest BCUT2D eigenvalue weighted by Crippen LogP contribution is 2.36. The molecule has 0 spiro atoms. The van der Waals surface area contributed by atoms with Gasteiger partial charge in [0, 0.05) is 0 Å². The van der Waals surface area contributed by atoms with E-state index in [1.54, 1.807) is 6.21 Å². The lowest BCUT2D eigenvalue weighted by Gasteiger charge is -2.09. The second kappa shape index (κ2) is 7.17. The Morgan fingerprint density at radius 2 is 1.96 bits per heavy atom. The van der Waals surface area contributed by atoms with Crippen molar-refractivity contribution in [3.8, 4) is 0 Å². The Bertz CT molecular complexity index is 807. The zero-order valence-electron chi connectivity index (χ0n) is 12.2. The standard InChI is InChI=1S/C15H12Cl3N3O2/c1-7-3-4-9(8(2)5-7)6-19-21-12-10(16)13(15(22)23)20-14(18)11(12)17/h3-6H,1-2H3,(H,20,21)(H,22,23). The molecule has 1 aromatic carbocycles. The number of rotatable bonds is 4. The summed E-state index contributed by atoms with van der Waals surface area (Å²) in [7, 11) is 0. The van der Waals surface area contributed by atoms with Gasteiger partial charge in [-0.25, -0.2) is 9.78 Å². The summed E-state index contributed by atoms with van der Waals surface area (Å²) in [5, 5.41) is 12.8.